The molecule has 0 aromatic carbocycles. The average Bonchev–Trinajstić information content (AvgIpc) is 2.99. The summed E-state index contributed by atoms with van der Waals surface area (Å²) in [5.41, 5.74) is 13.7. The predicted octanol–water partition coefficient (Wildman–Crippen LogP) is 1.58. The van der Waals surface area contributed by atoms with Crippen molar-refractivity contribution in [3.63, 3.8) is 0 Å². The minimum absolute atomic E-state index is 0.122. The van der Waals surface area contributed by atoms with Crippen LogP contribution < -0.4 is 17.2 Å². The summed E-state index contributed by atoms with van der Waals surface area (Å²) in [4.78, 5) is 18.0. The molecule has 2 atom stereocenters. The lowest BCUT2D eigenvalue weighted by Crippen LogP contribution is -2.29. The number of nitrogen functional groups attached to an aromatic ring is 2. The number of imidazole rings is 1. The average molecular weight is 305 g/mol. The van der Waals surface area contributed by atoms with Gasteiger partial charge in [0.1, 0.15) is 11.6 Å². The second kappa shape index (κ2) is 5.57. The molecule has 0 amide bonds. The number of rotatable bonds is 3. The van der Waals surface area contributed by atoms with E-state index in [0.717, 1.165) is 19.3 Å². The molecule has 1 aliphatic carbocycles. The van der Waals surface area contributed by atoms with Crippen molar-refractivity contribution in [2.45, 2.75) is 45.3 Å². The van der Waals surface area contributed by atoms with Crippen LogP contribution in [0.3, 0.4) is 0 Å². The summed E-state index contributed by atoms with van der Waals surface area (Å²) >= 11 is 0. The first-order chi connectivity index (χ1) is 10.5. The van der Waals surface area contributed by atoms with Gasteiger partial charge in [-0.1, -0.05) is 19.8 Å². The third-order valence-corrected chi connectivity index (χ3v) is 4.68. The molecule has 2 heterocycles. The molecule has 0 radical (unpaired) electrons. The fourth-order valence-electron chi connectivity index (χ4n) is 3.55. The molecule has 1 saturated carbocycles. The minimum Gasteiger partial charge on any atom is -0.390 e. The Kier molecular flexibility index (Phi) is 3.74. The first kappa shape index (κ1) is 14.8. The Morgan fingerprint density at radius 2 is 2.00 bits per heavy atom. The molecule has 2 unspecified atom stereocenters. The second-order valence-electron chi connectivity index (χ2n) is 6.17. The van der Waals surface area contributed by atoms with Gasteiger partial charge in [0.05, 0.1) is 12.3 Å². The highest BCUT2D eigenvalue weighted by Gasteiger charge is 2.29. The zero-order chi connectivity index (χ0) is 15.9. The summed E-state index contributed by atoms with van der Waals surface area (Å²) in [6.45, 7) is 2.03. The third-order valence-electron chi connectivity index (χ3n) is 4.68. The predicted molar refractivity (Wildman–Crippen MR) is 86.3 cm³/mol. The molecule has 0 aliphatic heterocycles. The number of hydrogen-bond donors (Lipinski definition) is 5. The molecule has 7 nitrogen and oxygen atoms in total. The number of aromatic amines is 2. The van der Waals surface area contributed by atoms with E-state index in [9.17, 15) is 9.90 Å². The van der Waals surface area contributed by atoms with Crippen LogP contribution in [0.1, 0.15) is 44.3 Å². The van der Waals surface area contributed by atoms with Crippen molar-refractivity contribution < 1.29 is 5.11 Å². The van der Waals surface area contributed by atoms with E-state index in [1.165, 1.54) is 6.42 Å². The maximum atomic E-state index is 12.4. The molecule has 120 valence electrons. The Labute approximate surface area is 128 Å². The number of anilines is 2. The van der Waals surface area contributed by atoms with Crippen molar-refractivity contribution in [3.8, 4) is 11.3 Å². The van der Waals surface area contributed by atoms with Gasteiger partial charge in [-0.05, 0) is 24.8 Å². The highest BCUT2D eigenvalue weighted by atomic mass is 16.3. The molecule has 22 heavy (non-hydrogen) atoms. The number of nitrogens with two attached hydrogens (primary N) is 2. The van der Waals surface area contributed by atoms with Gasteiger partial charge in [0.25, 0.3) is 0 Å². The van der Waals surface area contributed by atoms with E-state index in [0.29, 0.717) is 34.5 Å². The van der Waals surface area contributed by atoms with Crippen LogP contribution in [0.4, 0.5) is 11.6 Å². The van der Waals surface area contributed by atoms with Crippen LogP contribution in [0, 0.1) is 5.92 Å². The Balaban J connectivity index is 2.15. The van der Waals surface area contributed by atoms with Crippen molar-refractivity contribution in [1.29, 1.82) is 0 Å². The molecular weight excluding hydrogens is 282 g/mol. The van der Waals surface area contributed by atoms with Crippen LogP contribution >= 0.6 is 0 Å². The fourth-order valence-corrected chi connectivity index (χ4v) is 3.55. The molecule has 7 N–H and O–H groups in total. The van der Waals surface area contributed by atoms with E-state index in [2.05, 4.69) is 16.9 Å². The molecule has 0 saturated heterocycles. The van der Waals surface area contributed by atoms with Crippen molar-refractivity contribution in [2.75, 3.05) is 11.5 Å². The number of hydrogen-bond acceptors (Lipinski definition) is 4. The largest absolute Gasteiger partial charge is 0.390 e. The molecule has 7 heteroatoms. The Morgan fingerprint density at radius 3 is 2.64 bits per heavy atom. The fraction of sp³-hybridized carbons (Fsp3) is 0.533. The number of aromatic nitrogens is 3. The Hall–Kier alpha value is -2.15. The lowest BCUT2D eigenvalue weighted by Gasteiger charge is -2.30. The van der Waals surface area contributed by atoms with E-state index in [4.69, 9.17) is 11.5 Å². The smallest absolute Gasteiger partial charge is 0.327 e. The molecule has 1 aliphatic rings. The second-order valence-corrected chi connectivity index (χ2v) is 6.17. The molecule has 1 fully saturated rings. The summed E-state index contributed by atoms with van der Waals surface area (Å²) in [5, 5.41) is 9.26. The van der Waals surface area contributed by atoms with E-state index < -0.39 is 0 Å². The van der Waals surface area contributed by atoms with Crippen LogP contribution in [-0.4, -0.2) is 19.6 Å². The Bertz CT molecular complexity index is 727. The van der Waals surface area contributed by atoms with E-state index in [1.807, 2.05) is 0 Å². The van der Waals surface area contributed by atoms with E-state index in [1.54, 1.807) is 10.6 Å². The van der Waals surface area contributed by atoms with Gasteiger partial charge in [-0.3, -0.25) is 9.55 Å². The van der Waals surface area contributed by atoms with Gasteiger partial charge in [0.2, 0.25) is 0 Å². The van der Waals surface area contributed by atoms with Crippen LogP contribution in [0.2, 0.25) is 0 Å². The summed E-state index contributed by atoms with van der Waals surface area (Å²) in [6, 6.07) is 1.87. The number of aliphatic hydroxyl groups excluding tert-OH is 1. The third kappa shape index (κ3) is 2.31. The van der Waals surface area contributed by atoms with Crippen molar-refractivity contribution in [3.05, 3.63) is 22.2 Å². The number of nitrogens with one attached hydrogen (secondary N) is 2. The first-order valence-corrected chi connectivity index (χ1v) is 7.71. The van der Waals surface area contributed by atoms with Gasteiger partial charge in [0.15, 0.2) is 0 Å². The van der Waals surface area contributed by atoms with Crippen LogP contribution in [0.5, 0.6) is 0 Å². The topological polar surface area (TPSA) is 126 Å². The van der Waals surface area contributed by atoms with Gasteiger partial charge in [-0.15, -0.1) is 0 Å². The molecule has 0 spiro atoms. The van der Waals surface area contributed by atoms with Crippen LogP contribution in [-0.2, 0) is 6.61 Å². The summed E-state index contributed by atoms with van der Waals surface area (Å²) in [6.07, 6.45) is 4.37. The van der Waals surface area contributed by atoms with Gasteiger partial charge in [-0.2, -0.15) is 0 Å². The summed E-state index contributed by atoms with van der Waals surface area (Å²) in [7, 11) is 0. The van der Waals surface area contributed by atoms with Gasteiger partial charge >= 0.3 is 5.69 Å². The van der Waals surface area contributed by atoms with Gasteiger partial charge in [-0.25, -0.2) is 4.79 Å². The lowest BCUT2D eigenvalue weighted by molar-refractivity contribution is 0.254. The SMILES string of the molecule is CC1CCCCC1n1c(-c2cc(CO)[nH]c2N)c(N)[nH]c1=O. The zero-order valence-corrected chi connectivity index (χ0v) is 12.7. The number of nitrogens with zero attached hydrogens (tertiary/aromatic N) is 1. The normalized spacial score (nSPS) is 22.1. The monoisotopic (exact) mass is 305 g/mol. The van der Waals surface area contributed by atoms with Crippen LogP contribution in [0.15, 0.2) is 10.9 Å². The van der Waals surface area contributed by atoms with E-state index in [-0.39, 0.29) is 18.3 Å². The maximum absolute atomic E-state index is 12.4. The van der Waals surface area contributed by atoms with Crippen molar-refractivity contribution >= 4 is 11.6 Å². The molecular formula is C15H23N5O2. The zero-order valence-electron chi connectivity index (χ0n) is 12.7. The Morgan fingerprint density at radius 1 is 1.27 bits per heavy atom. The highest BCUT2D eigenvalue weighted by Crippen LogP contribution is 2.38. The first-order valence-electron chi connectivity index (χ1n) is 7.71. The molecule has 3 rings (SSSR count). The number of aliphatic hydroxyl groups is 1. The summed E-state index contributed by atoms with van der Waals surface area (Å²) < 4.78 is 1.75. The van der Waals surface area contributed by atoms with Crippen molar-refractivity contribution in [2.24, 2.45) is 5.92 Å². The standard InChI is InChI=1S/C15H23N5O2/c1-8-4-2-3-5-11(8)20-12(14(17)19-15(20)22)10-6-9(7-21)18-13(10)16/h6,8,11,18,21H,2-5,7,16-17H2,1H3,(H,19,22). The van der Waals surface area contributed by atoms with Gasteiger partial charge in [0, 0.05) is 17.3 Å². The lowest BCUT2D eigenvalue weighted by atomic mass is 9.85. The minimum atomic E-state index is -0.197. The highest BCUT2D eigenvalue weighted by molar-refractivity contribution is 5.79. The molecule has 0 bridgehead atoms. The van der Waals surface area contributed by atoms with Gasteiger partial charge < -0.3 is 21.6 Å². The van der Waals surface area contributed by atoms with Crippen LogP contribution in [0.25, 0.3) is 11.3 Å². The number of H-pyrrole nitrogens is 2. The molecule has 2 aromatic heterocycles. The summed E-state index contributed by atoms with van der Waals surface area (Å²) in [5.74, 6) is 1.14. The quantitative estimate of drug-likeness (QED) is 0.590. The maximum Gasteiger partial charge on any atom is 0.327 e. The molecule has 2 aromatic rings. The van der Waals surface area contributed by atoms with Crippen molar-refractivity contribution in [1.82, 2.24) is 14.5 Å². The van der Waals surface area contributed by atoms with E-state index >= 15 is 0 Å².